The van der Waals surface area contributed by atoms with Gasteiger partial charge in [-0.25, -0.2) is 0 Å². The van der Waals surface area contributed by atoms with Crippen LogP contribution in [0.25, 0.3) is 0 Å². The highest BCUT2D eigenvalue weighted by atomic mass is 79.9. The maximum atomic E-state index is 11.3. The number of halogens is 1. The van der Waals surface area contributed by atoms with Crippen molar-refractivity contribution in [2.45, 2.75) is 4.90 Å². The molecule has 0 aliphatic heterocycles. The van der Waals surface area contributed by atoms with Crippen LogP contribution in [0.4, 0.5) is 0 Å². The molecule has 0 saturated carbocycles. The molecule has 6 heteroatoms. The molecule has 0 unspecified atom stereocenters. The van der Waals surface area contributed by atoms with E-state index < -0.39 is 16.7 Å². The first-order valence-corrected chi connectivity index (χ1v) is 5.78. The number of rotatable bonds is 3. The van der Waals surface area contributed by atoms with Crippen LogP contribution in [-0.4, -0.2) is 15.0 Å². The maximum absolute atomic E-state index is 11.3. The minimum atomic E-state index is -3.78. The topological polar surface area (TPSA) is 67.2 Å². The molecule has 0 aromatic heterocycles. The van der Waals surface area contributed by atoms with E-state index in [0.29, 0.717) is 0 Å². The van der Waals surface area contributed by atoms with E-state index in [1.165, 1.54) is 12.1 Å². The van der Waals surface area contributed by atoms with Crippen molar-refractivity contribution in [3.05, 3.63) is 28.7 Å². The van der Waals surface area contributed by atoms with Crippen molar-refractivity contribution in [2.75, 3.05) is 6.61 Å². The van der Waals surface area contributed by atoms with Crippen LogP contribution in [0.1, 0.15) is 0 Å². The summed E-state index contributed by atoms with van der Waals surface area (Å²) in [7, 11) is -3.78. The smallest absolute Gasteiger partial charge is 0.251 e. The highest BCUT2D eigenvalue weighted by Crippen LogP contribution is 2.16. The summed E-state index contributed by atoms with van der Waals surface area (Å²) >= 11 is 3.18. The summed E-state index contributed by atoms with van der Waals surface area (Å²) in [6.45, 7) is -0.474. The molecule has 74 valence electrons. The van der Waals surface area contributed by atoms with Gasteiger partial charge in [-0.1, -0.05) is 15.9 Å². The monoisotopic (exact) mass is 275 g/mol. The molecule has 1 aromatic carbocycles. The van der Waals surface area contributed by atoms with E-state index in [0.717, 1.165) is 4.47 Å². The second-order valence-electron chi connectivity index (χ2n) is 2.33. The summed E-state index contributed by atoms with van der Waals surface area (Å²) in [5.74, 6) is 0. The molecule has 1 rings (SSSR count). The SMILES string of the molecule is N#CCOS(=O)(=O)c1ccc(Br)cc1. The number of hydrogen-bond donors (Lipinski definition) is 0. The van der Waals surface area contributed by atoms with Gasteiger partial charge in [-0.2, -0.15) is 13.7 Å². The second-order valence-corrected chi connectivity index (χ2v) is 4.86. The van der Waals surface area contributed by atoms with E-state index in [4.69, 9.17) is 5.26 Å². The van der Waals surface area contributed by atoms with Gasteiger partial charge in [0.15, 0.2) is 6.61 Å². The van der Waals surface area contributed by atoms with E-state index in [1.54, 1.807) is 18.2 Å². The van der Waals surface area contributed by atoms with Gasteiger partial charge in [0.2, 0.25) is 0 Å². The van der Waals surface area contributed by atoms with Gasteiger partial charge in [-0.05, 0) is 24.3 Å². The average molecular weight is 276 g/mol. The van der Waals surface area contributed by atoms with Crippen molar-refractivity contribution in [3.63, 3.8) is 0 Å². The van der Waals surface area contributed by atoms with Gasteiger partial charge in [0.05, 0.1) is 11.0 Å². The minimum absolute atomic E-state index is 0.0379. The van der Waals surface area contributed by atoms with Gasteiger partial charge in [0.1, 0.15) is 0 Å². The molecule has 0 radical (unpaired) electrons. The van der Waals surface area contributed by atoms with E-state index >= 15 is 0 Å². The zero-order chi connectivity index (χ0) is 10.6. The van der Waals surface area contributed by atoms with Gasteiger partial charge in [0, 0.05) is 4.47 Å². The van der Waals surface area contributed by atoms with Gasteiger partial charge in [0.25, 0.3) is 10.1 Å². The number of hydrogen-bond acceptors (Lipinski definition) is 4. The molecule has 0 atom stereocenters. The third kappa shape index (κ3) is 2.80. The minimum Gasteiger partial charge on any atom is -0.251 e. The summed E-state index contributed by atoms with van der Waals surface area (Å²) < 4.78 is 27.8. The van der Waals surface area contributed by atoms with E-state index in [9.17, 15) is 8.42 Å². The molecule has 4 nitrogen and oxygen atoms in total. The Balaban J connectivity index is 2.94. The predicted molar refractivity (Wildman–Crippen MR) is 52.9 cm³/mol. The summed E-state index contributed by atoms with van der Waals surface area (Å²) in [4.78, 5) is 0.0379. The summed E-state index contributed by atoms with van der Waals surface area (Å²) in [6.07, 6.45) is 0. The lowest BCUT2D eigenvalue weighted by molar-refractivity contribution is 0.361. The lowest BCUT2D eigenvalue weighted by Gasteiger charge is -2.01. The first-order chi connectivity index (χ1) is 6.56. The lowest BCUT2D eigenvalue weighted by atomic mass is 10.4. The van der Waals surface area contributed by atoms with E-state index in [-0.39, 0.29) is 4.90 Å². The van der Waals surface area contributed by atoms with Crippen LogP contribution < -0.4 is 0 Å². The lowest BCUT2D eigenvalue weighted by Crippen LogP contribution is -2.06. The number of benzene rings is 1. The molecular weight excluding hydrogens is 270 g/mol. The van der Waals surface area contributed by atoms with Gasteiger partial charge < -0.3 is 0 Å². The molecule has 0 spiro atoms. The fraction of sp³-hybridized carbons (Fsp3) is 0.125. The fourth-order valence-electron chi connectivity index (χ4n) is 0.773. The summed E-state index contributed by atoms with van der Waals surface area (Å²) in [6, 6.07) is 7.57. The number of nitriles is 1. The van der Waals surface area contributed by atoms with Gasteiger partial charge in [-0.15, -0.1) is 0 Å². The summed E-state index contributed by atoms with van der Waals surface area (Å²) in [5, 5.41) is 8.17. The third-order valence-corrected chi connectivity index (χ3v) is 3.19. The Morgan fingerprint density at radius 1 is 1.36 bits per heavy atom. The Bertz CT molecular complexity index is 446. The summed E-state index contributed by atoms with van der Waals surface area (Å²) in [5.41, 5.74) is 0. The molecule has 0 bridgehead atoms. The van der Waals surface area contributed by atoms with E-state index in [1.807, 2.05) is 0 Å². The highest BCUT2D eigenvalue weighted by Gasteiger charge is 2.13. The van der Waals surface area contributed by atoms with Gasteiger partial charge in [-0.3, -0.25) is 4.18 Å². The van der Waals surface area contributed by atoms with Crippen molar-refractivity contribution < 1.29 is 12.6 Å². The van der Waals surface area contributed by atoms with Crippen LogP contribution in [0.15, 0.2) is 33.6 Å². The first kappa shape index (κ1) is 11.2. The van der Waals surface area contributed by atoms with Crippen LogP contribution in [0.5, 0.6) is 0 Å². The third-order valence-electron chi connectivity index (χ3n) is 1.38. The molecule has 14 heavy (non-hydrogen) atoms. The van der Waals surface area contributed by atoms with Gasteiger partial charge >= 0.3 is 0 Å². The molecule has 0 heterocycles. The average Bonchev–Trinajstić information content (AvgIpc) is 2.16. The predicted octanol–water partition coefficient (Wildman–Crippen LogP) is 1.68. The van der Waals surface area contributed by atoms with Crippen LogP contribution in [0.3, 0.4) is 0 Å². The Hall–Kier alpha value is -0.900. The molecular formula is C8H6BrNO3S. The Morgan fingerprint density at radius 2 is 1.93 bits per heavy atom. The molecule has 0 amide bonds. The van der Waals surface area contributed by atoms with Crippen molar-refractivity contribution in [1.82, 2.24) is 0 Å². The van der Waals surface area contributed by atoms with E-state index in [2.05, 4.69) is 20.1 Å². The first-order valence-electron chi connectivity index (χ1n) is 3.58. The van der Waals surface area contributed by atoms with Crippen molar-refractivity contribution in [2.24, 2.45) is 0 Å². The van der Waals surface area contributed by atoms with Crippen molar-refractivity contribution >= 4 is 26.0 Å². The zero-order valence-electron chi connectivity index (χ0n) is 6.97. The van der Waals surface area contributed by atoms with Crippen molar-refractivity contribution in [3.8, 4) is 6.07 Å². The molecule has 1 aromatic rings. The number of nitrogens with zero attached hydrogens (tertiary/aromatic N) is 1. The Morgan fingerprint density at radius 3 is 2.43 bits per heavy atom. The van der Waals surface area contributed by atoms with Crippen LogP contribution in [0, 0.1) is 11.3 Å². The molecule has 0 aliphatic carbocycles. The normalized spacial score (nSPS) is 10.9. The molecule has 0 saturated heterocycles. The zero-order valence-corrected chi connectivity index (χ0v) is 9.38. The molecule has 0 fully saturated rings. The molecule has 0 aliphatic rings. The largest absolute Gasteiger partial charge is 0.297 e. The van der Waals surface area contributed by atoms with Crippen LogP contribution in [-0.2, 0) is 14.3 Å². The maximum Gasteiger partial charge on any atom is 0.297 e. The van der Waals surface area contributed by atoms with Crippen LogP contribution in [0.2, 0.25) is 0 Å². The quantitative estimate of drug-likeness (QED) is 0.788. The standard InChI is InChI=1S/C8H6BrNO3S/c9-7-1-3-8(4-2-7)14(11,12)13-6-5-10/h1-4H,6H2. The Labute approximate surface area is 90.4 Å². The highest BCUT2D eigenvalue weighted by molar-refractivity contribution is 9.10. The molecule has 0 N–H and O–H groups in total. The Kier molecular flexibility index (Phi) is 3.63. The van der Waals surface area contributed by atoms with Crippen molar-refractivity contribution in [1.29, 1.82) is 5.26 Å². The van der Waals surface area contributed by atoms with Crippen LogP contribution >= 0.6 is 15.9 Å². The second kappa shape index (κ2) is 4.55. The fourth-order valence-corrected chi connectivity index (χ4v) is 1.85.